The Bertz CT molecular complexity index is 1250. The van der Waals surface area contributed by atoms with Crippen LogP contribution in [0.2, 0.25) is 0 Å². The molecule has 1 fully saturated rings. The number of benzene rings is 1. The largest absolute Gasteiger partial charge is 0.378 e. The van der Waals surface area contributed by atoms with Crippen molar-refractivity contribution >= 4 is 48.8 Å². The molecule has 8 nitrogen and oxygen atoms in total. The Morgan fingerprint density at radius 2 is 2.00 bits per heavy atom. The van der Waals surface area contributed by atoms with Crippen molar-refractivity contribution in [2.75, 3.05) is 32.8 Å². The smallest absolute Gasteiger partial charge is 0.308 e. The maximum Gasteiger partial charge on any atom is 0.308 e. The number of nitrogens with zero attached hydrogens (tertiary/aromatic N) is 2. The van der Waals surface area contributed by atoms with Crippen molar-refractivity contribution in [3.05, 3.63) is 49.8 Å². The van der Waals surface area contributed by atoms with Crippen molar-refractivity contribution in [1.82, 2.24) is 14.2 Å². The third-order valence-electron chi connectivity index (χ3n) is 5.22. The fraction of sp³-hybridized carbons (Fsp3) is 0.400. The van der Waals surface area contributed by atoms with Crippen molar-refractivity contribution in [1.29, 1.82) is 0 Å². The van der Waals surface area contributed by atoms with E-state index < -0.39 is 10.0 Å². The Labute approximate surface area is 188 Å². The third-order valence-corrected chi connectivity index (χ3v) is 8.70. The lowest BCUT2D eigenvalue weighted by molar-refractivity contribution is -0.135. The second-order valence-electron chi connectivity index (χ2n) is 7.25. The fourth-order valence-electron chi connectivity index (χ4n) is 3.45. The van der Waals surface area contributed by atoms with Crippen LogP contribution in [0.3, 0.4) is 0 Å². The van der Waals surface area contributed by atoms with Crippen LogP contribution >= 0.6 is 22.7 Å². The number of hydrogen-bond donors (Lipinski definition) is 1. The molecule has 0 bridgehead atoms. The first-order valence-electron chi connectivity index (χ1n) is 9.87. The molecule has 2 aromatic heterocycles. The van der Waals surface area contributed by atoms with Crippen molar-refractivity contribution < 1.29 is 17.9 Å². The molecule has 0 saturated carbocycles. The summed E-state index contributed by atoms with van der Waals surface area (Å²) in [6.07, 6.45) is 0.623. The highest BCUT2D eigenvalue weighted by Crippen LogP contribution is 2.22. The van der Waals surface area contributed by atoms with Gasteiger partial charge in [0.05, 0.1) is 28.3 Å². The molecule has 1 amide bonds. The minimum atomic E-state index is -3.70. The van der Waals surface area contributed by atoms with Crippen LogP contribution in [-0.2, 0) is 32.5 Å². The summed E-state index contributed by atoms with van der Waals surface area (Å²) in [4.78, 5) is 27.7. The summed E-state index contributed by atoms with van der Waals surface area (Å²) in [5.74, 6) is -0.146. The zero-order valence-electron chi connectivity index (χ0n) is 17.0. The summed E-state index contributed by atoms with van der Waals surface area (Å²) in [5.41, 5.74) is 1.72. The molecule has 31 heavy (non-hydrogen) atoms. The average Bonchev–Trinajstić information content (AvgIpc) is 3.30. The van der Waals surface area contributed by atoms with Gasteiger partial charge in [-0.2, -0.15) is 0 Å². The molecule has 1 aromatic carbocycles. The van der Waals surface area contributed by atoms with Gasteiger partial charge in [-0.05, 0) is 48.6 Å². The Morgan fingerprint density at radius 1 is 1.23 bits per heavy atom. The highest BCUT2D eigenvalue weighted by atomic mass is 32.2. The van der Waals surface area contributed by atoms with Crippen LogP contribution in [0.4, 0.5) is 0 Å². The van der Waals surface area contributed by atoms with E-state index >= 15 is 0 Å². The highest BCUT2D eigenvalue weighted by Gasteiger charge is 2.21. The van der Waals surface area contributed by atoms with Gasteiger partial charge < -0.3 is 9.64 Å². The van der Waals surface area contributed by atoms with Crippen LogP contribution in [0, 0.1) is 6.92 Å². The number of thiophene rings is 1. The van der Waals surface area contributed by atoms with Gasteiger partial charge in [0.1, 0.15) is 6.54 Å². The van der Waals surface area contributed by atoms with E-state index in [1.807, 2.05) is 18.4 Å². The number of amides is 1. The molecular formula is C20H23N3O5S3. The van der Waals surface area contributed by atoms with Gasteiger partial charge >= 0.3 is 4.87 Å². The molecule has 1 aliphatic rings. The lowest BCUT2D eigenvalue weighted by atomic mass is 10.2. The lowest BCUT2D eigenvalue weighted by Gasteiger charge is -2.26. The number of aromatic nitrogens is 1. The third kappa shape index (κ3) is 4.90. The number of carbonyl (C=O) groups excluding carboxylic acids is 1. The van der Waals surface area contributed by atoms with E-state index in [9.17, 15) is 18.0 Å². The molecule has 1 aliphatic heterocycles. The number of morpholine rings is 1. The van der Waals surface area contributed by atoms with Gasteiger partial charge in [0, 0.05) is 24.5 Å². The zero-order valence-corrected chi connectivity index (χ0v) is 19.4. The van der Waals surface area contributed by atoms with Crippen LogP contribution in [0.25, 0.3) is 10.2 Å². The topological polar surface area (TPSA) is 97.7 Å². The summed E-state index contributed by atoms with van der Waals surface area (Å²) in [5, 5.41) is 1.99. The van der Waals surface area contributed by atoms with E-state index in [0.29, 0.717) is 49.5 Å². The highest BCUT2D eigenvalue weighted by molar-refractivity contribution is 7.89. The predicted octanol–water partition coefficient (Wildman–Crippen LogP) is 1.81. The Balaban J connectivity index is 1.49. The van der Waals surface area contributed by atoms with Gasteiger partial charge in [0.15, 0.2) is 0 Å². The molecule has 3 heterocycles. The Morgan fingerprint density at radius 3 is 2.71 bits per heavy atom. The fourth-order valence-corrected chi connectivity index (χ4v) is 6.43. The second-order valence-corrected chi connectivity index (χ2v) is 11.0. The van der Waals surface area contributed by atoms with Crippen LogP contribution in [-0.4, -0.2) is 56.6 Å². The first-order chi connectivity index (χ1) is 14.8. The molecule has 0 radical (unpaired) electrons. The van der Waals surface area contributed by atoms with Gasteiger partial charge in [-0.3, -0.25) is 14.2 Å². The summed E-state index contributed by atoms with van der Waals surface area (Å²) < 4.78 is 35.2. The molecule has 3 aromatic rings. The number of rotatable bonds is 7. The molecule has 0 unspecified atom stereocenters. The Hall–Kier alpha value is -2.05. The van der Waals surface area contributed by atoms with Crippen LogP contribution in [0.1, 0.15) is 10.4 Å². The number of sulfonamides is 1. The monoisotopic (exact) mass is 481 g/mol. The molecule has 1 N–H and O–H groups in total. The second kappa shape index (κ2) is 9.21. The van der Waals surface area contributed by atoms with E-state index in [1.54, 1.807) is 22.3 Å². The van der Waals surface area contributed by atoms with E-state index in [1.165, 1.54) is 16.7 Å². The van der Waals surface area contributed by atoms with E-state index in [0.717, 1.165) is 21.8 Å². The number of fused-ring (bicyclic) bond motifs is 1. The average molecular weight is 482 g/mol. The Kier molecular flexibility index (Phi) is 6.58. The SMILES string of the molecule is Cc1ccsc1CCNS(=O)(=O)c1ccc2c(c1)sc(=O)n2CC(=O)N1CCOCC1. The standard InChI is InChI=1S/C20H23N3O5S3/c1-14-5-11-29-17(14)4-6-21-31(26,27)15-2-3-16-18(12-15)30-20(25)23(16)13-19(24)22-7-9-28-10-8-22/h2-3,5,11-12,21H,4,6-10,13H2,1H3. The number of aryl methyl sites for hydroxylation is 1. The minimum Gasteiger partial charge on any atom is -0.378 e. The number of ether oxygens (including phenoxy) is 1. The van der Waals surface area contributed by atoms with E-state index in [4.69, 9.17) is 4.74 Å². The summed E-state index contributed by atoms with van der Waals surface area (Å²) >= 11 is 2.55. The molecular weight excluding hydrogens is 458 g/mol. The first kappa shape index (κ1) is 22.2. The number of thiazole rings is 1. The van der Waals surface area contributed by atoms with Crippen LogP contribution in [0.5, 0.6) is 0 Å². The molecule has 1 saturated heterocycles. The van der Waals surface area contributed by atoms with E-state index in [2.05, 4.69) is 4.72 Å². The van der Waals surface area contributed by atoms with Gasteiger partial charge in [-0.15, -0.1) is 11.3 Å². The quantitative estimate of drug-likeness (QED) is 0.555. The van der Waals surface area contributed by atoms with Crippen molar-refractivity contribution in [2.24, 2.45) is 0 Å². The number of carbonyl (C=O) groups is 1. The number of nitrogens with one attached hydrogen (secondary N) is 1. The van der Waals surface area contributed by atoms with Crippen molar-refractivity contribution in [3.8, 4) is 0 Å². The summed E-state index contributed by atoms with van der Waals surface area (Å²) in [6.45, 7) is 4.24. The van der Waals surface area contributed by atoms with Crippen LogP contribution < -0.4 is 9.60 Å². The summed E-state index contributed by atoms with van der Waals surface area (Å²) in [6, 6.07) is 6.58. The van der Waals surface area contributed by atoms with Crippen LogP contribution in [0.15, 0.2) is 39.3 Å². The first-order valence-corrected chi connectivity index (χ1v) is 13.0. The zero-order chi connectivity index (χ0) is 22.0. The predicted molar refractivity (Wildman–Crippen MR) is 121 cm³/mol. The maximum atomic E-state index is 12.7. The van der Waals surface area contributed by atoms with E-state index in [-0.39, 0.29) is 22.2 Å². The van der Waals surface area contributed by atoms with Gasteiger partial charge in [0.2, 0.25) is 15.9 Å². The molecule has 166 valence electrons. The maximum absolute atomic E-state index is 12.7. The minimum absolute atomic E-state index is 0.0661. The molecule has 4 rings (SSSR count). The lowest BCUT2D eigenvalue weighted by Crippen LogP contribution is -2.43. The van der Waals surface area contributed by atoms with Gasteiger partial charge in [-0.1, -0.05) is 11.3 Å². The number of hydrogen-bond acceptors (Lipinski definition) is 7. The van der Waals surface area contributed by atoms with Crippen molar-refractivity contribution in [3.63, 3.8) is 0 Å². The summed E-state index contributed by atoms with van der Waals surface area (Å²) in [7, 11) is -3.70. The molecule has 0 aliphatic carbocycles. The van der Waals surface area contributed by atoms with Gasteiger partial charge in [-0.25, -0.2) is 13.1 Å². The molecule has 0 spiro atoms. The molecule has 11 heteroatoms. The molecule has 0 atom stereocenters. The van der Waals surface area contributed by atoms with Crippen molar-refractivity contribution in [2.45, 2.75) is 24.8 Å². The normalized spacial score (nSPS) is 14.9. The van der Waals surface area contributed by atoms with Gasteiger partial charge in [0.25, 0.3) is 0 Å².